The van der Waals surface area contributed by atoms with Crippen molar-refractivity contribution in [3.8, 4) is 5.75 Å². The van der Waals surface area contributed by atoms with Crippen LogP contribution in [0, 0.1) is 19.9 Å². The van der Waals surface area contributed by atoms with E-state index in [0.717, 1.165) is 11.1 Å². The molecule has 0 spiro atoms. The van der Waals surface area contributed by atoms with Crippen LogP contribution in [0.25, 0.3) is 0 Å². The molecule has 1 N–H and O–H groups in total. The van der Waals surface area contributed by atoms with Gasteiger partial charge in [-0.05, 0) is 25.5 Å². The molecule has 2 heteroatoms. The van der Waals surface area contributed by atoms with Crippen molar-refractivity contribution in [1.82, 2.24) is 0 Å². The van der Waals surface area contributed by atoms with Gasteiger partial charge in [-0.1, -0.05) is 12.1 Å². The molecular weight excluding hydrogens is 128 g/mol. The summed E-state index contributed by atoms with van der Waals surface area (Å²) in [7, 11) is 0. The minimum atomic E-state index is 0.502. The fraction of sp³-hybridized carbons (Fsp3) is 0.250. The Morgan fingerprint density at radius 2 is 2.20 bits per heavy atom. The van der Waals surface area contributed by atoms with Crippen LogP contribution in [0.1, 0.15) is 11.1 Å². The smallest absolute Gasteiger partial charge is 0.171 e. The lowest BCUT2D eigenvalue weighted by molar-refractivity contribution is -0.138. The van der Waals surface area contributed by atoms with Crippen LogP contribution < -0.4 is 4.89 Å². The van der Waals surface area contributed by atoms with Gasteiger partial charge in [-0.15, -0.1) is 0 Å². The van der Waals surface area contributed by atoms with E-state index in [4.69, 9.17) is 5.26 Å². The van der Waals surface area contributed by atoms with E-state index in [1.54, 1.807) is 6.07 Å². The molecule has 0 unspecified atom stereocenters. The topological polar surface area (TPSA) is 29.5 Å². The van der Waals surface area contributed by atoms with Gasteiger partial charge in [0.2, 0.25) is 0 Å². The largest absolute Gasteiger partial charge is 0.340 e. The lowest BCUT2D eigenvalue weighted by Gasteiger charge is -2.02. The van der Waals surface area contributed by atoms with Gasteiger partial charge in [-0.2, -0.15) is 0 Å². The molecule has 1 radical (unpaired) electrons. The van der Waals surface area contributed by atoms with Crippen LogP contribution in [-0.4, -0.2) is 5.26 Å². The molecule has 0 aliphatic heterocycles. The van der Waals surface area contributed by atoms with Crippen LogP contribution in [0.15, 0.2) is 12.1 Å². The van der Waals surface area contributed by atoms with E-state index < -0.39 is 0 Å². The van der Waals surface area contributed by atoms with Gasteiger partial charge < -0.3 is 4.89 Å². The van der Waals surface area contributed by atoms with Crippen LogP contribution >= 0.6 is 0 Å². The average Bonchev–Trinajstić information content (AvgIpc) is 1.88. The summed E-state index contributed by atoms with van der Waals surface area (Å²) < 4.78 is 0. The minimum Gasteiger partial charge on any atom is -0.340 e. The van der Waals surface area contributed by atoms with Crippen molar-refractivity contribution in [3.63, 3.8) is 0 Å². The number of benzene rings is 1. The first kappa shape index (κ1) is 7.09. The van der Waals surface area contributed by atoms with Crippen LogP contribution in [0.2, 0.25) is 0 Å². The molecule has 0 aliphatic carbocycles. The van der Waals surface area contributed by atoms with E-state index in [0.29, 0.717) is 5.75 Å². The van der Waals surface area contributed by atoms with Crippen molar-refractivity contribution in [2.24, 2.45) is 0 Å². The summed E-state index contributed by atoms with van der Waals surface area (Å²) >= 11 is 0. The second-order valence-electron chi connectivity index (χ2n) is 2.21. The highest BCUT2D eigenvalue weighted by Crippen LogP contribution is 2.20. The zero-order chi connectivity index (χ0) is 7.56. The second-order valence-corrected chi connectivity index (χ2v) is 2.21. The maximum Gasteiger partial charge on any atom is 0.171 e. The first-order valence-corrected chi connectivity index (χ1v) is 3.05. The van der Waals surface area contributed by atoms with Crippen molar-refractivity contribution in [1.29, 1.82) is 0 Å². The number of aryl methyl sites for hydroxylation is 2. The first-order valence-electron chi connectivity index (χ1n) is 3.05. The highest BCUT2D eigenvalue weighted by Gasteiger charge is 2.00. The lowest BCUT2D eigenvalue weighted by Crippen LogP contribution is -1.90. The molecule has 0 heterocycles. The number of hydrogen-bond donors (Lipinski definition) is 1. The predicted molar refractivity (Wildman–Crippen MR) is 38.0 cm³/mol. The van der Waals surface area contributed by atoms with E-state index in [1.165, 1.54) is 0 Å². The molecule has 0 bridgehead atoms. The van der Waals surface area contributed by atoms with E-state index in [2.05, 4.69) is 11.0 Å². The van der Waals surface area contributed by atoms with Gasteiger partial charge in [0.15, 0.2) is 5.75 Å². The van der Waals surface area contributed by atoms with Gasteiger partial charge in [-0.25, -0.2) is 5.26 Å². The Balaban J connectivity index is 3.17. The summed E-state index contributed by atoms with van der Waals surface area (Å²) in [6, 6.07) is 6.54. The highest BCUT2D eigenvalue weighted by molar-refractivity contribution is 5.38. The van der Waals surface area contributed by atoms with Gasteiger partial charge in [-0.3, -0.25) is 0 Å². The summed E-state index contributed by atoms with van der Waals surface area (Å²) in [5.41, 5.74) is 1.74. The molecule has 1 aromatic rings. The van der Waals surface area contributed by atoms with Crippen molar-refractivity contribution in [2.45, 2.75) is 13.8 Å². The molecule has 1 aromatic carbocycles. The van der Waals surface area contributed by atoms with E-state index in [-0.39, 0.29) is 0 Å². The third kappa shape index (κ3) is 1.11. The van der Waals surface area contributed by atoms with Gasteiger partial charge in [0.25, 0.3) is 0 Å². The van der Waals surface area contributed by atoms with Crippen LogP contribution in [-0.2, 0) is 0 Å². The quantitative estimate of drug-likeness (QED) is 0.473. The second kappa shape index (κ2) is 2.71. The minimum absolute atomic E-state index is 0.502. The molecule has 0 saturated heterocycles. The Labute approximate surface area is 60.0 Å². The maximum absolute atomic E-state index is 8.38. The zero-order valence-electron chi connectivity index (χ0n) is 6.01. The Kier molecular flexibility index (Phi) is 1.92. The van der Waals surface area contributed by atoms with Crippen LogP contribution in [0.4, 0.5) is 0 Å². The van der Waals surface area contributed by atoms with Gasteiger partial charge >= 0.3 is 0 Å². The third-order valence-electron chi connectivity index (χ3n) is 1.42. The van der Waals surface area contributed by atoms with Crippen LogP contribution in [0.3, 0.4) is 0 Å². The maximum atomic E-state index is 8.38. The van der Waals surface area contributed by atoms with Gasteiger partial charge in [0.05, 0.1) is 0 Å². The van der Waals surface area contributed by atoms with Crippen molar-refractivity contribution < 1.29 is 10.1 Å². The first-order chi connectivity index (χ1) is 4.75. The molecule has 1 rings (SSSR count). The molecule has 0 fully saturated rings. The van der Waals surface area contributed by atoms with Crippen LogP contribution in [0.5, 0.6) is 5.75 Å². The number of hydrogen-bond acceptors (Lipinski definition) is 2. The van der Waals surface area contributed by atoms with Crippen molar-refractivity contribution in [3.05, 3.63) is 29.3 Å². The monoisotopic (exact) mass is 137 g/mol. The fourth-order valence-corrected chi connectivity index (χ4v) is 0.869. The summed E-state index contributed by atoms with van der Waals surface area (Å²) in [5, 5.41) is 8.38. The molecule has 0 aliphatic rings. The Morgan fingerprint density at radius 3 is 2.60 bits per heavy atom. The summed E-state index contributed by atoms with van der Waals surface area (Å²) in [6.07, 6.45) is 0. The number of rotatable bonds is 1. The molecule has 0 saturated carbocycles. The van der Waals surface area contributed by atoms with Gasteiger partial charge in [0.1, 0.15) is 0 Å². The standard InChI is InChI=1S/C8H9O2/c1-6-4-3-5-7(2)8(6)10-9/h3-4,9H,1-2H3. The fourth-order valence-electron chi connectivity index (χ4n) is 0.869. The zero-order valence-corrected chi connectivity index (χ0v) is 6.01. The predicted octanol–water partition coefficient (Wildman–Crippen LogP) is 1.96. The molecule has 2 nitrogen and oxygen atoms in total. The molecule has 10 heavy (non-hydrogen) atoms. The van der Waals surface area contributed by atoms with Crippen molar-refractivity contribution in [2.75, 3.05) is 0 Å². The Bertz CT molecular complexity index is 210. The Hall–Kier alpha value is -1.02. The molecule has 0 atom stereocenters. The summed E-state index contributed by atoms with van der Waals surface area (Å²) in [4.78, 5) is 4.14. The van der Waals surface area contributed by atoms with E-state index >= 15 is 0 Å². The summed E-state index contributed by atoms with van der Waals surface area (Å²) in [5.74, 6) is 0.502. The SMILES string of the molecule is Cc1[c]ccc(C)c1OO. The molecule has 53 valence electrons. The van der Waals surface area contributed by atoms with E-state index in [1.807, 2.05) is 19.9 Å². The lowest BCUT2D eigenvalue weighted by atomic mass is 10.1. The average molecular weight is 137 g/mol. The summed E-state index contributed by atoms with van der Waals surface area (Å²) in [6.45, 7) is 3.70. The third-order valence-corrected chi connectivity index (χ3v) is 1.42. The molecular formula is C8H9O2. The normalized spacial score (nSPS) is 9.50. The van der Waals surface area contributed by atoms with Crippen molar-refractivity contribution >= 4 is 0 Å². The van der Waals surface area contributed by atoms with E-state index in [9.17, 15) is 0 Å². The molecule has 0 amide bonds. The highest BCUT2D eigenvalue weighted by atomic mass is 17.1. The van der Waals surface area contributed by atoms with Gasteiger partial charge in [0, 0.05) is 5.56 Å². The molecule has 0 aromatic heterocycles. The Morgan fingerprint density at radius 1 is 1.50 bits per heavy atom.